The van der Waals surface area contributed by atoms with Crippen LogP contribution in [0.4, 0.5) is 20.6 Å². The number of aryl methyl sites for hydroxylation is 1. The van der Waals surface area contributed by atoms with E-state index in [4.69, 9.17) is 4.74 Å². The predicted octanol–water partition coefficient (Wildman–Crippen LogP) is 5.55. The summed E-state index contributed by atoms with van der Waals surface area (Å²) in [6, 6.07) is 19.7. The van der Waals surface area contributed by atoms with Crippen LogP contribution in [0.3, 0.4) is 0 Å². The largest absolute Gasteiger partial charge is 0.481 e. The standard InChI is InChI=1S/C26H22FN3O4/c1-16-3-9-19(10-4-16)28-26(32)29-20-11-12-22-21(13-20)24(34-15-25(31)33-2)14-23(30-22)17-5-7-18(27)8-6-17/h3-14H,15H2,1-2H3,(H2,28,29,32). The van der Waals surface area contributed by atoms with Gasteiger partial charge in [-0.1, -0.05) is 17.7 Å². The molecule has 0 saturated carbocycles. The van der Waals surface area contributed by atoms with Crippen LogP contribution in [0.25, 0.3) is 22.2 Å². The summed E-state index contributed by atoms with van der Waals surface area (Å²) in [6.07, 6.45) is 0. The molecule has 0 radical (unpaired) electrons. The smallest absolute Gasteiger partial charge is 0.343 e. The zero-order valence-corrected chi connectivity index (χ0v) is 18.6. The van der Waals surface area contributed by atoms with Gasteiger partial charge in [0.1, 0.15) is 11.6 Å². The fourth-order valence-corrected chi connectivity index (χ4v) is 3.29. The number of carbonyl (C=O) groups is 2. The molecule has 2 N–H and O–H groups in total. The van der Waals surface area contributed by atoms with Gasteiger partial charge in [0.2, 0.25) is 0 Å². The lowest BCUT2D eigenvalue weighted by molar-refractivity contribution is -0.142. The molecule has 8 heteroatoms. The van der Waals surface area contributed by atoms with Crippen molar-refractivity contribution in [1.82, 2.24) is 4.98 Å². The van der Waals surface area contributed by atoms with Gasteiger partial charge in [-0.3, -0.25) is 0 Å². The van der Waals surface area contributed by atoms with Crippen LogP contribution in [0.1, 0.15) is 5.56 Å². The molecular weight excluding hydrogens is 437 g/mol. The van der Waals surface area contributed by atoms with E-state index in [9.17, 15) is 14.0 Å². The molecule has 0 saturated heterocycles. The lowest BCUT2D eigenvalue weighted by atomic mass is 10.1. The number of hydrogen-bond donors (Lipinski definition) is 2. The molecule has 4 rings (SSSR count). The lowest BCUT2D eigenvalue weighted by Gasteiger charge is -2.13. The molecule has 0 atom stereocenters. The summed E-state index contributed by atoms with van der Waals surface area (Å²) in [5.74, 6) is -0.524. The van der Waals surface area contributed by atoms with Crippen molar-refractivity contribution in [3.8, 4) is 17.0 Å². The quantitative estimate of drug-likeness (QED) is 0.369. The van der Waals surface area contributed by atoms with Gasteiger partial charge < -0.3 is 20.1 Å². The summed E-state index contributed by atoms with van der Waals surface area (Å²) < 4.78 is 23.7. The number of nitrogens with zero attached hydrogens (tertiary/aromatic N) is 1. The Balaban J connectivity index is 1.64. The van der Waals surface area contributed by atoms with Crippen LogP contribution < -0.4 is 15.4 Å². The fraction of sp³-hybridized carbons (Fsp3) is 0.115. The number of fused-ring (bicyclic) bond motifs is 1. The molecule has 2 amide bonds. The first-order chi connectivity index (χ1) is 16.4. The van der Waals surface area contributed by atoms with Crippen LogP contribution >= 0.6 is 0 Å². The second kappa shape index (κ2) is 9.99. The van der Waals surface area contributed by atoms with E-state index in [1.165, 1.54) is 19.2 Å². The molecule has 3 aromatic carbocycles. The third-order valence-corrected chi connectivity index (χ3v) is 5.05. The maximum absolute atomic E-state index is 13.4. The Kier molecular flexibility index (Phi) is 6.68. The SMILES string of the molecule is COC(=O)COc1cc(-c2ccc(F)cc2)nc2ccc(NC(=O)Nc3ccc(C)cc3)cc12. The van der Waals surface area contributed by atoms with Crippen molar-refractivity contribution in [1.29, 1.82) is 0 Å². The first-order valence-corrected chi connectivity index (χ1v) is 10.5. The maximum Gasteiger partial charge on any atom is 0.343 e. The highest BCUT2D eigenvalue weighted by Gasteiger charge is 2.13. The van der Waals surface area contributed by atoms with Gasteiger partial charge in [-0.15, -0.1) is 0 Å². The van der Waals surface area contributed by atoms with Crippen LogP contribution in [-0.4, -0.2) is 30.7 Å². The number of pyridine rings is 1. The first kappa shape index (κ1) is 22.7. The van der Waals surface area contributed by atoms with E-state index in [1.807, 2.05) is 31.2 Å². The van der Waals surface area contributed by atoms with Gasteiger partial charge in [0.05, 0.1) is 18.3 Å². The highest BCUT2D eigenvalue weighted by atomic mass is 19.1. The van der Waals surface area contributed by atoms with E-state index < -0.39 is 12.0 Å². The Morgan fingerprint density at radius 3 is 2.29 bits per heavy atom. The van der Waals surface area contributed by atoms with E-state index in [1.54, 1.807) is 36.4 Å². The number of urea groups is 1. The van der Waals surface area contributed by atoms with E-state index >= 15 is 0 Å². The third kappa shape index (κ3) is 5.47. The number of benzene rings is 3. The summed E-state index contributed by atoms with van der Waals surface area (Å²) in [6.45, 7) is 1.67. The molecular formula is C26H22FN3O4. The summed E-state index contributed by atoms with van der Waals surface area (Å²) in [4.78, 5) is 28.7. The molecule has 0 aliphatic heterocycles. The lowest BCUT2D eigenvalue weighted by Crippen LogP contribution is -2.19. The Morgan fingerprint density at radius 2 is 1.59 bits per heavy atom. The molecule has 0 unspecified atom stereocenters. The number of carbonyl (C=O) groups excluding carboxylic acids is 2. The Bertz CT molecular complexity index is 1340. The van der Waals surface area contributed by atoms with Gasteiger partial charge in [0.25, 0.3) is 0 Å². The molecule has 0 fully saturated rings. The van der Waals surface area contributed by atoms with Gasteiger partial charge in [-0.05, 0) is 61.5 Å². The number of ether oxygens (including phenoxy) is 2. The second-order valence-electron chi connectivity index (χ2n) is 7.55. The zero-order chi connectivity index (χ0) is 24.1. The highest BCUT2D eigenvalue weighted by Crippen LogP contribution is 2.32. The first-order valence-electron chi connectivity index (χ1n) is 10.5. The van der Waals surface area contributed by atoms with Crippen LogP contribution in [0, 0.1) is 12.7 Å². The Labute approximate surface area is 195 Å². The monoisotopic (exact) mass is 459 g/mol. The minimum Gasteiger partial charge on any atom is -0.481 e. The number of nitrogens with one attached hydrogen (secondary N) is 2. The molecule has 0 aliphatic rings. The molecule has 1 aromatic heterocycles. The molecule has 0 spiro atoms. The van der Waals surface area contributed by atoms with Crippen molar-refractivity contribution in [3.63, 3.8) is 0 Å². The van der Waals surface area contributed by atoms with Crippen molar-refractivity contribution in [3.05, 3.63) is 84.2 Å². The normalized spacial score (nSPS) is 10.6. The van der Waals surface area contributed by atoms with Crippen molar-refractivity contribution >= 4 is 34.3 Å². The van der Waals surface area contributed by atoms with Crippen molar-refractivity contribution in [2.75, 3.05) is 24.4 Å². The summed E-state index contributed by atoms with van der Waals surface area (Å²) >= 11 is 0. The van der Waals surface area contributed by atoms with Gasteiger partial charge in [0.15, 0.2) is 6.61 Å². The predicted molar refractivity (Wildman–Crippen MR) is 128 cm³/mol. The Morgan fingerprint density at radius 1 is 0.912 bits per heavy atom. The number of halogens is 1. The number of hydrogen-bond acceptors (Lipinski definition) is 5. The van der Waals surface area contributed by atoms with Crippen LogP contribution in [-0.2, 0) is 9.53 Å². The van der Waals surface area contributed by atoms with E-state index in [0.717, 1.165) is 5.56 Å². The molecule has 4 aromatic rings. The van der Waals surface area contributed by atoms with Crippen molar-refractivity contribution < 1.29 is 23.5 Å². The van der Waals surface area contributed by atoms with E-state index in [-0.39, 0.29) is 12.4 Å². The molecule has 34 heavy (non-hydrogen) atoms. The number of methoxy groups -OCH3 is 1. The average molecular weight is 459 g/mol. The summed E-state index contributed by atoms with van der Waals surface area (Å²) in [7, 11) is 1.27. The molecule has 0 bridgehead atoms. The molecule has 7 nitrogen and oxygen atoms in total. The fourth-order valence-electron chi connectivity index (χ4n) is 3.29. The maximum atomic E-state index is 13.4. The number of anilines is 2. The molecule has 1 heterocycles. The highest BCUT2D eigenvalue weighted by molar-refractivity contribution is 6.01. The van der Waals surface area contributed by atoms with Crippen LogP contribution in [0.2, 0.25) is 0 Å². The molecule has 0 aliphatic carbocycles. The zero-order valence-electron chi connectivity index (χ0n) is 18.6. The minimum atomic E-state index is -0.542. The van der Waals surface area contributed by atoms with E-state index in [2.05, 4.69) is 20.4 Å². The number of rotatable bonds is 6. The average Bonchev–Trinajstić information content (AvgIpc) is 2.84. The summed E-state index contributed by atoms with van der Waals surface area (Å²) in [5, 5.41) is 6.15. The van der Waals surface area contributed by atoms with Crippen LogP contribution in [0.15, 0.2) is 72.8 Å². The second-order valence-corrected chi connectivity index (χ2v) is 7.55. The van der Waals surface area contributed by atoms with Crippen molar-refractivity contribution in [2.24, 2.45) is 0 Å². The van der Waals surface area contributed by atoms with Gasteiger partial charge in [-0.2, -0.15) is 0 Å². The third-order valence-electron chi connectivity index (χ3n) is 5.05. The van der Waals surface area contributed by atoms with E-state index in [0.29, 0.717) is 39.3 Å². The van der Waals surface area contributed by atoms with Gasteiger partial charge in [0, 0.05) is 28.4 Å². The number of aromatic nitrogens is 1. The number of amides is 2. The van der Waals surface area contributed by atoms with Gasteiger partial charge in [-0.25, -0.2) is 19.0 Å². The number of esters is 1. The molecule has 172 valence electrons. The van der Waals surface area contributed by atoms with Crippen molar-refractivity contribution in [2.45, 2.75) is 6.92 Å². The minimum absolute atomic E-state index is 0.302. The Hall–Kier alpha value is -4.46. The topological polar surface area (TPSA) is 89.6 Å². The van der Waals surface area contributed by atoms with Crippen LogP contribution in [0.5, 0.6) is 5.75 Å². The van der Waals surface area contributed by atoms with Gasteiger partial charge >= 0.3 is 12.0 Å². The summed E-state index contributed by atoms with van der Waals surface area (Å²) in [5.41, 5.74) is 4.07.